The third-order valence-corrected chi connectivity index (χ3v) is 5.50. The largest absolute Gasteiger partial charge is 0.360 e. The standard InChI is InChI=1S/C20H27N5OS/c1-21-20(25-14-12-24(13-15-25)18-9-5-16-27-18)23-11-6-10-22-19(26)17-7-3-2-4-8-17/h2-5,7-9,16H,6,10-15H2,1H3,(H,21,23)(H,22,26). The van der Waals surface area contributed by atoms with Crippen LogP contribution in [0.15, 0.2) is 52.8 Å². The molecule has 1 aliphatic heterocycles. The highest BCUT2D eigenvalue weighted by Gasteiger charge is 2.20. The van der Waals surface area contributed by atoms with Gasteiger partial charge in [0, 0.05) is 51.9 Å². The molecule has 6 nitrogen and oxygen atoms in total. The molecule has 2 N–H and O–H groups in total. The van der Waals surface area contributed by atoms with Gasteiger partial charge in [-0.25, -0.2) is 0 Å². The van der Waals surface area contributed by atoms with Crippen LogP contribution in [0.3, 0.4) is 0 Å². The second-order valence-electron chi connectivity index (χ2n) is 6.37. The van der Waals surface area contributed by atoms with E-state index in [0.717, 1.165) is 45.1 Å². The highest BCUT2D eigenvalue weighted by Crippen LogP contribution is 2.22. The normalized spacial score (nSPS) is 14.9. The molecule has 7 heteroatoms. The fourth-order valence-electron chi connectivity index (χ4n) is 3.10. The van der Waals surface area contributed by atoms with Crippen molar-refractivity contribution in [1.82, 2.24) is 15.5 Å². The Balaban J connectivity index is 1.34. The minimum absolute atomic E-state index is 0.0234. The fraction of sp³-hybridized carbons (Fsp3) is 0.400. The lowest BCUT2D eigenvalue weighted by atomic mass is 10.2. The molecule has 0 atom stereocenters. The molecule has 0 saturated carbocycles. The molecule has 2 heterocycles. The van der Waals surface area contributed by atoms with Gasteiger partial charge in [0.2, 0.25) is 0 Å². The van der Waals surface area contributed by atoms with E-state index in [2.05, 4.69) is 42.9 Å². The molecule has 2 aromatic rings. The van der Waals surface area contributed by atoms with Crippen LogP contribution < -0.4 is 15.5 Å². The summed E-state index contributed by atoms with van der Waals surface area (Å²) in [5.74, 6) is 0.917. The van der Waals surface area contributed by atoms with Crippen LogP contribution in [0.25, 0.3) is 0 Å². The summed E-state index contributed by atoms with van der Waals surface area (Å²) >= 11 is 1.79. The van der Waals surface area contributed by atoms with Gasteiger partial charge in [-0.1, -0.05) is 18.2 Å². The Morgan fingerprint density at radius 2 is 1.78 bits per heavy atom. The van der Waals surface area contributed by atoms with Crippen molar-refractivity contribution in [2.24, 2.45) is 4.99 Å². The number of nitrogens with one attached hydrogen (secondary N) is 2. The van der Waals surface area contributed by atoms with Crippen LogP contribution in [0, 0.1) is 0 Å². The number of thiophene rings is 1. The second-order valence-corrected chi connectivity index (χ2v) is 7.30. The number of benzene rings is 1. The topological polar surface area (TPSA) is 60.0 Å². The van der Waals surface area contributed by atoms with E-state index in [9.17, 15) is 4.79 Å². The number of aliphatic imine (C=N–C) groups is 1. The van der Waals surface area contributed by atoms with Gasteiger partial charge in [-0.2, -0.15) is 0 Å². The van der Waals surface area contributed by atoms with E-state index in [1.54, 1.807) is 11.3 Å². The predicted octanol–water partition coefficient (Wildman–Crippen LogP) is 2.27. The first-order valence-electron chi connectivity index (χ1n) is 9.35. The molecule has 3 rings (SSSR count). The number of nitrogens with zero attached hydrogens (tertiary/aromatic N) is 3. The number of guanidine groups is 1. The molecule has 0 aliphatic carbocycles. The zero-order chi connectivity index (χ0) is 18.9. The Morgan fingerprint density at radius 1 is 1.04 bits per heavy atom. The average molecular weight is 386 g/mol. The number of hydrogen-bond acceptors (Lipinski definition) is 4. The average Bonchev–Trinajstić information content (AvgIpc) is 3.26. The summed E-state index contributed by atoms with van der Waals surface area (Å²) in [7, 11) is 1.82. The summed E-state index contributed by atoms with van der Waals surface area (Å²) < 4.78 is 0. The maximum Gasteiger partial charge on any atom is 0.251 e. The number of carbonyl (C=O) groups is 1. The van der Waals surface area contributed by atoms with Gasteiger partial charge in [-0.15, -0.1) is 11.3 Å². The van der Waals surface area contributed by atoms with Gasteiger partial charge >= 0.3 is 0 Å². The highest BCUT2D eigenvalue weighted by atomic mass is 32.1. The Bertz CT molecular complexity index is 724. The first kappa shape index (κ1) is 19.2. The van der Waals surface area contributed by atoms with Crippen molar-refractivity contribution < 1.29 is 4.79 Å². The molecular formula is C20H27N5OS. The van der Waals surface area contributed by atoms with E-state index in [-0.39, 0.29) is 5.91 Å². The van der Waals surface area contributed by atoms with E-state index >= 15 is 0 Å². The van der Waals surface area contributed by atoms with E-state index in [4.69, 9.17) is 0 Å². The third kappa shape index (κ3) is 5.47. The Hall–Kier alpha value is -2.54. The van der Waals surface area contributed by atoms with Crippen molar-refractivity contribution in [2.45, 2.75) is 6.42 Å². The van der Waals surface area contributed by atoms with E-state index < -0.39 is 0 Å². The Kier molecular flexibility index (Phi) is 7.10. The first-order valence-corrected chi connectivity index (χ1v) is 10.2. The number of carbonyl (C=O) groups excluding carboxylic acids is 1. The number of hydrogen-bond donors (Lipinski definition) is 2. The molecule has 0 unspecified atom stereocenters. The van der Waals surface area contributed by atoms with Crippen LogP contribution in [-0.2, 0) is 0 Å². The van der Waals surface area contributed by atoms with Crippen LogP contribution in [0.5, 0.6) is 0 Å². The van der Waals surface area contributed by atoms with Crippen molar-refractivity contribution in [2.75, 3.05) is 51.2 Å². The number of piperazine rings is 1. The highest BCUT2D eigenvalue weighted by molar-refractivity contribution is 7.14. The lowest BCUT2D eigenvalue weighted by molar-refractivity contribution is 0.0953. The Labute approximate surface area is 164 Å². The van der Waals surface area contributed by atoms with Crippen LogP contribution >= 0.6 is 11.3 Å². The molecule has 144 valence electrons. The van der Waals surface area contributed by atoms with Crippen LogP contribution in [0.2, 0.25) is 0 Å². The van der Waals surface area contributed by atoms with Gasteiger partial charge in [-0.3, -0.25) is 9.79 Å². The molecule has 27 heavy (non-hydrogen) atoms. The summed E-state index contributed by atoms with van der Waals surface area (Å²) in [6, 6.07) is 13.6. The summed E-state index contributed by atoms with van der Waals surface area (Å²) in [4.78, 5) is 21.1. The molecule has 1 saturated heterocycles. The molecule has 0 spiro atoms. The van der Waals surface area contributed by atoms with Crippen molar-refractivity contribution >= 4 is 28.2 Å². The third-order valence-electron chi connectivity index (χ3n) is 4.57. The quantitative estimate of drug-likeness (QED) is 0.455. The van der Waals surface area contributed by atoms with Gasteiger partial charge in [0.25, 0.3) is 5.91 Å². The van der Waals surface area contributed by atoms with Gasteiger partial charge in [0.05, 0.1) is 5.00 Å². The maximum absolute atomic E-state index is 12.0. The summed E-state index contributed by atoms with van der Waals surface area (Å²) in [6.45, 7) is 5.37. The van der Waals surface area contributed by atoms with Crippen LogP contribution in [-0.4, -0.2) is 63.1 Å². The summed E-state index contributed by atoms with van der Waals surface area (Å²) in [6.07, 6.45) is 0.854. The summed E-state index contributed by atoms with van der Waals surface area (Å²) in [5, 5.41) is 9.83. The van der Waals surface area contributed by atoms with Gasteiger partial charge in [0.1, 0.15) is 0 Å². The smallest absolute Gasteiger partial charge is 0.251 e. The van der Waals surface area contributed by atoms with Gasteiger partial charge in [0.15, 0.2) is 5.96 Å². The van der Waals surface area contributed by atoms with E-state index in [0.29, 0.717) is 12.1 Å². The monoisotopic (exact) mass is 385 g/mol. The summed E-state index contributed by atoms with van der Waals surface area (Å²) in [5.41, 5.74) is 0.699. The van der Waals surface area contributed by atoms with Crippen molar-refractivity contribution in [3.05, 3.63) is 53.4 Å². The minimum atomic E-state index is -0.0234. The zero-order valence-corrected chi connectivity index (χ0v) is 16.5. The molecule has 1 aliphatic rings. The van der Waals surface area contributed by atoms with Crippen molar-refractivity contribution in [1.29, 1.82) is 0 Å². The predicted molar refractivity (Wildman–Crippen MR) is 113 cm³/mol. The molecule has 1 amide bonds. The zero-order valence-electron chi connectivity index (χ0n) is 15.7. The molecular weight excluding hydrogens is 358 g/mol. The van der Waals surface area contributed by atoms with E-state index in [1.165, 1.54) is 5.00 Å². The number of amides is 1. The molecule has 0 bridgehead atoms. The lowest BCUT2D eigenvalue weighted by Gasteiger charge is -2.37. The molecule has 0 radical (unpaired) electrons. The number of rotatable bonds is 6. The van der Waals surface area contributed by atoms with E-state index in [1.807, 2.05) is 37.4 Å². The first-order chi connectivity index (χ1) is 13.3. The van der Waals surface area contributed by atoms with Gasteiger partial charge < -0.3 is 20.4 Å². The second kappa shape index (κ2) is 9.97. The lowest BCUT2D eigenvalue weighted by Crippen LogP contribution is -2.52. The van der Waals surface area contributed by atoms with Crippen molar-refractivity contribution in [3.8, 4) is 0 Å². The molecule has 1 aromatic heterocycles. The van der Waals surface area contributed by atoms with Crippen LogP contribution in [0.4, 0.5) is 5.00 Å². The SMILES string of the molecule is CN=C(NCCCNC(=O)c1ccccc1)N1CCN(c2cccs2)CC1. The fourth-order valence-corrected chi connectivity index (χ4v) is 3.89. The van der Waals surface area contributed by atoms with Gasteiger partial charge in [-0.05, 0) is 36.1 Å². The molecule has 1 fully saturated rings. The van der Waals surface area contributed by atoms with Crippen molar-refractivity contribution in [3.63, 3.8) is 0 Å². The minimum Gasteiger partial charge on any atom is -0.360 e. The maximum atomic E-state index is 12.0. The number of anilines is 1. The molecule has 1 aromatic carbocycles. The Morgan fingerprint density at radius 3 is 2.44 bits per heavy atom. The van der Waals surface area contributed by atoms with Crippen LogP contribution in [0.1, 0.15) is 16.8 Å².